The van der Waals surface area contributed by atoms with Crippen LogP contribution < -0.4 is 5.73 Å². The summed E-state index contributed by atoms with van der Waals surface area (Å²) in [7, 11) is 0. The van der Waals surface area contributed by atoms with Gasteiger partial charge in [0.05, 0.1) is 0 Å². The number of amides is 1. The molecule has 2 aliphatic heterocycles. The molecule has 0 aromatic heterocycles. The van der Waals surface area contributed by atoms with E-state index in [2.05, 4.69) is 4.90 Å². The van der Waals surface area contributed by atoms with E-state index in [9.17, 15) is 4.79 Å². The molecule has 0 spiro atoms. The van der Waals surface area contributed by atoms with Gasteiger partial charge >= 0.3 is 0 Å². The van der Waals surface area contributed by atoms with Crippen LogP contribution in [0, 0.1) is 5.92 Å². The zero-order chi connectivity index (χ0) is 16.8. The summed E-state index contributed by atoms with van der Waals surface area (Å²) in [5.41, 5.74) is 7.13. The van der Waals surface area contributed by atoms with Crippen LogP contribution in [0.25, 0.3) is 0 Å². The number of hydrogen-bond acceptors (Lipinski definition) is 3. The molecule has 1 aromatic rings. The van der Waals surface area contributed by atoms with Gasteiger partial charge in [-0.1, -0.05) is 43.2 Å². The lowest BCUT2D eigenvalue weighted by molar-refractivity contribution is -0.134. The number of piperidine rings is 1. The molecule has 0 aliphatic carbocycles. The quantitative estimate of drug-likeness (QED) is 0.924. The molecule has 2 N–H and O–H groups in total. The third-order valence-corrected chi connectivity index (χ3v) is 5.47. The Kier molecular flexibility index (Phi) is 6.27. The Morgan fingerprint density at radius 1 is 1.04 bits per heavy atom. The molecule has 4 nitrogen and oxygen atoms in total. The minimum Gasteiger partial charge on any atom is -0.341 e. The molecule has 1 aromatic carbocycles. The summed E-state index contributed by atoms with van der Waals surface area (Å²) in [5.74, 6) is 0.686. The number of benzene rings is 1. The van der Waals surface area contributed by atoms with E-state index in [1.54, 1.807) is 0 Å². The minimum absolute atomic E-state index is 0.0850. The number of nitrogens with zero attached hydrogens (tertiary/aromatic N) is 2. The number of nitrogens with two attached hydrogens (primary N) is 1. The van der Waals surface area contributed by atoms with E-state index in [1.807, 2.05) is 35.2 Å². The van der Waals surface area contributed by atoms with Crippen LogP contribution in [0.1, 0.15) is 50.1 Å². The number of hydrogen-bond donors (Lipinski definition) is 1. The van der Waals surface area contributed by atoms with Crippen molar-refractivity contribution in [2.24, 2.45) is 11.7 Å². The standard InChI is InChI=1S/C20H31N3O/c21-19(18-10-4-3-5-11-18)20(24)23-14-8-9-17(16-23)15-22-12-6-1-2-7-13-22/h3-5,10-11,17,19H,1-2,6-9,12-16,21H2. The monoisotopic (exact) mass is 329 g/mol. The van der Waals surface area contributed by atoms with Crippen LogP contribution in [0.5, 0.6) is 0 Å². The Labute approximate surface area is 146 Å². The third-order valence-electron chi connectivity index (χ3n) is 5.47. The first-order valence-corrected chi connectivity index (χ1v) is 9.55. The molecule has 2 atom stereocenters. The van der Waals surface area contributed by atoms with Crippen molar-refractivity contribution in [1.82, 2.24) is 9.80 Å². The van der Waals surface area contributed by atoms with E-state index in [-0.39, 0.29) is 5.91 Å². The highest BCUT2D eigenvalue weighted by Gasteiger charge is 2.28. The number of rotatable bonds is 4. The van der Waals surface area contributed by atoms with Crippen molar-refractivity contribution in [3.05, 3.63) is 35.9 Å². The Morgan fingerprint density at radius 2 is 1.75 bits per heavy atom. The van der Waals surface area contributed by atoms with Gasteiger partial charge < -0.3 is 15.5 Å². The summed E-state index contributed by atoms with van der Waals surface area (Å²) >= 11 is 0. The van der Waals surface area contributed by atoms with Crippen LogP contribution in [0.3, 0.4) is 0 Å². The molecule has 2 saturated heterocycles. The summed E-state index contributed by atoms with van der Waals surface area (Å²) in [6, 6.07) is 9.21. The van der Waals surface area contributed by atoms with Crippen molar-refractivity contribution in [3.8, 4) is 0 Å². The molecule has 2 aliphatic rings. The average Bonchev–Trinajstić information content (AvgIpc) is 2.90. The topological polar surface area (TPSA) is 49.6 Å². The molecule has 0 bridgehead atoms. The molecule has 2 fully saturated rings. The Bertz CT molecular complexity index is 511. The number of carbonyl (C=O) groups is 1. The van der Waals surface area contributed by atoms with Gasteiger partial charge in [0.1, 0.15) is 6.04 Å². The molecule has 0 radical (unpaired) electrons. The number of likely N-dealkylation sites (tertiary alicyclic amines) is 2. The van der Waals surface area contributed by atoms with Crippen LogP contribution in [-0.4, -0.2) is 48.4 Å². The molecule has 4 heteroatoms. The van der Waals surface area contributed by atoms with E-state index in [4.69, 9.17) is 5.73 Å². The molecule has 3 rings (SSSR count). The highest BCUT2D eigenvalue weighted by Crippen LogP contribution is 2.22. The van der Waals surface area contributed by atoms with Gasteiger partial charge in [0.2, 0.25) is 5.91 Å². The van der Waals surface area contributed by atoms with Crippen molar-refractivity contribution in [1.29, 1.82) is 0 Å². The molecule has 2 heterocycles. The predicted molar refractivity (Wildman–Crippen MR) is 97.6 cm³/mol. The van der Waals surface area contributed by atoms with E-state index in [1.165, 1.54) is 45.2 Å². The van der Waals surface area contributed by atoms with Crippen molar-refractivity contribution in [2.75, 3.05) is 32.7 Å². The average molecular weight is 329 g/mol. The molecule has 1 amide bonds. The summed E-state index contributed by atoms with van der Waals surface area (Å²) in [6.07, 6.45) is 7.74. The van der Waals surface area contributed by atoms with Crippen LogP contribution >= 0.6 is 0 Å². The van der Waals surface area contributed by atoms with Crippen LogP contribution in [-0.2, 0) is 4.79 Å². The van der Waals surface area contributed by atoms with Crippen molar-refractivity contribution in [3.63, 3.8) is 0 Å². The first-order chi connectivity index (χ1) is 11.7. The summed E-state index contributed by atoms with van der Waals surface area (Å²) in [5, 5.41) is 0. The molecular formula is C20H31N3O. The lowest BCUT2D eigenvalue weighted by atomic mass is 9.96. The summed E-state index contributed by atoms with van der Waals surface area (Å²) in [6.45, 7) is 5.33. The normalized spacial score (nSPS) is 24.4. The second-order valence-electron chi connectivity index (χ2n) is 7.40. The van der Waals surface area contributed by atoms with Crippen molar-refractivity contribution in [2.45, 2.75) is 44.6 Å². The van der Waals surface area contributed by atoms with Gasteiger partial charge in [-0.25, -0.2) is 0 Å². The predicted octanol–water partition coefficient (Wildman–Crippen LogP) is 2.80. The van der Waals surface area contributed by atoms with Crippen LogP contribution in [0.2, 0.25) is 0 Å². The lowest BCUT2D eigenvalue weighted by Crippen LogP contribution is -2.47. The van der Waals surface area contributed by atoms with Crippen molar-refractivity contribution < 1.29 is 4.79 Å². The Morgan fingerprint density at radius 3 is 2.46 bits per heavy atom. The van der Waals surface area contributed by atoms with E-state index < -0.39 is 6.04 Å². The van der Waals surface area contributed by atoms with Gasteiger partial charge in [-0.3, -0.25) is 4.79 Å². The van der Waals surface area contributed by atoms with Gasteiger partial charge in [0.15, 0.2) is 0 Å². The maximum absolute atomic E-state index is 12.8. The van der Waals surface area contributed by atoms with E-state index in [0.717, 1.165) is 31.6 Å². The SMILES string of the molecule is NC(C(=O)N1CCCC(CN2CCCCCC2)C1)c1ccccc1. The lowest BCUT2D eigenvalue weighted by Gasteiger charge is -2.36. The van der Waals surface area contributed by atoms with Gasteiger partial charge in [-0.15, -0.1) is 0 Å². The first kappa shape index (κ1) is 17.4. The largest absolute Gasteiger partial charge is 0.341 e. The minimum atomic E-state index is -0.525. The van der Waals surface area contributed by atoms with E-state index in [0.29, 0.717) is 5.92 Å². The zero-order valence-electron chi connectivity index (χ0n) is 14.7. The molecule has 24 heavy (non-hydrogen) atoms. The Balaban J connectivity index is 1.55. The second-order valence-corrected chi connectivity index (χ2v) is 7.40. The fraction of sp³-hybridized carbons (Fsp3) is 0.650. The van der Waals surface area contributed by atoms with Gasteiger partial charge in [0.25, 0.3) is 0 Å². The van der Waals surface area contributed by atoms with Gasteiger partial charge in [0, 0.05) is 19.6 Å². The van der Waals surface area contributed by atoms with Gasteiger partial charge in [-0.05, 0) is 50.3 Å². The zero-order valence-corrected chi connectivity index (χ0v) is 14.7. The highest BCUT2D eigenvalue weighted by atomic mass is 16.2. The van der Waals surface area contributed by atoms with Crippen LogP contribution in [0.15, 0.2) is 30.3 Å². The first-order valence-electron chi connectivity index (χ1n) is 9.55. The molecule has 2 unspecified atom stereocenters. The maximum atomic E-state index is 12.8. The molecular weight excluding hydrogens is 298 g/mol. The van der Waals surface area contributed by atoms with Crippen LogP contribution in [0.4, 0.5) is 0 Å². The molecule has 132 valence electrons. The Hall–Kier alpha value is -1.39. The van der Waals surface area contributed by atoms with Gasteiger partial charge in [-0.2, -0.15) is 0 Å². The molecule has 0 saturated carbocycles. The van der Waals surface area contributed by atoms with E-state index >= 15 is 0 Å². The number of carbonyl (C=O) groups excluding carboxylic acids is 1. The highest BCUT2D eigenvalue weighted by molar-refractivity contribution is 5.83. The summed E-state index contributed by atoms with van der Waals surface area (Å²) < 4.78 is 0. The van der Waals surface area contributed by atoms with Crippen molar-refractivity contribution >= 4 is 5.91 Å². The maximum Gasteiger partial charge on any atom is 0.244 e. The second kappa shape index (κ2) is 8.63. The summed E-state index contributed by atoms with van der Waals surface area (Å²) in [4.78, 5) is 17.4. The smallest absolute Gasteiger partial charge is 0.244 e. The fourth-order valence-electron chi connectivity index (χ4n) is 4.10. The fourth-order valence-corrected chi connectivity index (χ4v) is 4.10. The third kappa shape index (κ3) is 4.58.